The molecule has 0 aliphatic heterocycles. The third-order valence-corrected chi connectivity index (χ3v) is 5.35. The van der Waals surface area contributed by atoms with Crippen molar-refractivity contribution in [3.05, 3.63) is 41.6 Å². The molecule has 0 saturated heterocycles. The smallest absolute Gasteiger partial charge is 0.309 e. The minimum atomic E-state index is -0.470. The topological polar surface area (TPSA) is 96.6 Å². The first-order chi connectivity index (χ1) is 16.1. The molecule has 1 saturated carbocycles. The zero-order valence-corrected chi connectivity index (χ0v) is 20.6. The molecule has 0 bridgehead atoms. The van der Waals surface area contributed by atoms with Crippen LogP contribution in [0.3, 0.4) is 0 Å². The van der Waals surface area contributed by atoms with E-state index in [0.717, 1.165) is 11.3 Å². The minimum absolute atomic E-state index is 0.0000387. The van der Waals surface area contributed by atoms with Crippen LogP contribution in [0.5, 0.6) is 11.6 Å². The van der Waals surface area contributed by atoms with Crippen molar-refractivity contribution in [2.45, 2.75) is 65.3 Å². The number of hydrogen-bond donors (Lipinski definition) is 0. The molecular formula is C25H28ClN3O5. The third-order valence-electron chi connectivity index (χ3n) is 5.08. The van der Waals surface area contributed by atoms with Gasteiger partial charge in [-0.05, 0) is 77.8 Å². The number of carbonyl (C=O) groups is 1. The van der Waals surface area contributed by atoms with Gasteiger partial charge in [0.2, 0.25) is 11.7 Å². The quantitative estimate of drug-likeness (QED) is 0.391. The van der Waals surface area contributed by atoms with E-state index in [1.54, 1.807) is 12.3 Å². The second kappa shape index (κ2) is 9.62. The molecule has 0 amide bonds. The van der Waals surface area contributed by atoms with E-state index in [9.17, 15) is 4.79 Å². The fourth-order valence-corrected chi connectivity index (χ4v) is 3.64. The monoisotopic (exact) mass is 485 g/mol. The van der Waals surface area contributed by atoms with Crippen LogP contribution in [0.2, 0.25) is 5.02 Å². The van der Waals surface area contributed by atoms with Crippen LogP contribution >= 0.6 is 11.6 Å². The predicted molar refractivity (Wildman–Crippen MR) is 127 cm³/mol. The van der Waals surface area contributed by atoms with Crippen molar-refractivity contribution in [1.29, 1.82) is 0 Å². The molecule has 0 atom stereocenters. The standard InChI is InChI=1S/C25H28ClN3O5/c1-14(2)31-23-20(26)12-17(13-27-23)22-28-21(29-34-22)15-6-8-18(9-7-15)32-19-10-16(11-19)24(30)33-25(3,4)5/h6-9,12-14,16,19H,10-11H2,1-5H3. The second-order valence-electron chi connectivity index (χ2n) is 9.57. The Morgan fingerprint density at radius 3 is 2.47 bits per heavy atom. The summed E-state index contributed by atoms with van der Waals surface area (Å²) >= 11 is 6.26. The highest BCUT2D eigenvalue weighted by atomic mass is 35.5. The van der Waals surface area contributed by atoms with Gasteiger partial charge in [0.25, 0.3) is 5.89 Å². The lowest BCUT2D eigenvalue weighted by Crippen LogP contribution is -2.41. The Bertz CT molecular complexity index is 1150. The molecular weight excluding hydrogens is 458 g/mol. The normalized spacial score (nSPS) is 17.9. The summed E-state index contributed by atoms with van der Waals surface area (Å²) in [7, 11) is 0. The molecule has 0 unspecified atom stereocenters. The maximum Gasteiger partial charge on any atom is 0.309 e. The van der Waals surface area contributed by atoms with E-state index in [-0.39, 0.29) is 24.1 Å². The highest BCUT2D eigenvalue weighted by molar-refractivity contribution is 6.32. The summed E-state index contributed by atoms with van der Waals surface area (Å²) in [5.74, 6) is 1.57. The van der Waals surface area contributed by atoms with E-state index in [1.807, 2.05) is 58.9 Å². The summed E-state index contributed by atoms with van der Waals surface area (Å²) < 4.78 is 22.4. The van der Waals surface area contributed by atoms with Gasteiger partial charge in [0.05, 0.1) is 17.6 Å². The molecule has 180 valence electrons. The molecule has 3 aromatic rings. The summed E-state index contributed by atoms with van der Waals surface area (Å²) in [5, 5.41) is 4.43. The Hall–Kier alpha value is -3.13. The predicted octanol–water partition coefficient (Wildman–Crippen LogP) is 5.74. The van der Waals surface area contributed by atoms with Gasteiger partial charge >= 0.3 is 5.97 Å². The van der Waals surface area contributed by atoms with Gasteiger partial charge in [-0.3, -0.25) is 4.79 Å². The summed E-state index contributed by atoms with van der Waals surface area (Å²) in [5.41, 5.74) is 0.910. The molecule has 4 rings (SSSR count). The first-order valence-electron chi connectivity index (χ1n) is 11.2. The van der Waals surface area contributed by atoms with Crippen molar-refractivity contribution >= 4 is 17.6 Å². The molecule has 8 nitrogen and oxygen atoms in total. The van der Waals surface area contributed by atoms with Crippen LogP contribution in [0.4, 0.5) is 0 Å². The maximum absolute atomic E-state index is 12.1. The molecule has 1 fully saturated rings. The van der Waals surface area contributed by atoms with Crippen LogP contribution in [0.1, 0.15) is 47.5 Å². The number of halogens is 1. The number of pyridine rings is 1. The summed E-state index contributed by atoms with van der Waals surface area (Å²) in [6.45, 7) is 9.42. The molecule has 0 spiro atoms. The zero-order valence-electron chi connectivity index (χ0n) is 19.9. The number of hydrogen-bond acceptors (Lipinski definition) is 8. The van der Waals surface area contributed by atoms with Gasteiger partial charge in [0.1, 0.15) is 22.5 Å². The van der Waals surface area contributed by atoms with E-state index in [0.29, 0.717) is 41.0 Å². The number of rotatable bonds is 7. The summed E-state index contributed by atoms with van der Waals surface area (Å²) in [6, 6.07) is 9.10. The molecule has 9 heteroatoms. The average molecular weight is 486 g/mol. The van der Waals surface area contributed by atoms with Crippen molar-refractivity contribution in [2.75, 3.05) is 0 Å². The van der Waals surface area contributed by atoms with Crippen molar-refractivity contribution in [3.63, 3.8) is 0 Å². The van der Waals surface area contributed by atoms with E-state index in [4.69, 9.17) is 30.3 Å². The largest absolute Gasteiger partial charge is 0.490 e. The highest BCUT2D eigenvalue weighted by Crippen LogP contribution is 2.34. The molecule has 2 heterocycles. The fraction of sp³-hybridized carbons (Fsp3) is 0.440. The van der Waals surface area contributed by atoms with Gasteiger partial charge in [-0.2, -0.15) is 4.98 Å². The number of esters is 1. The van der Waals surface area contributed by atoms with Crippen molar-refractivity contribution in [2.24, 2.45) is 5.92 Å². The Labute approximate surface area is 203 Å². The van der Waals surface area contributed by atoms with Crippen LogP contribution in [-0.4, -0.2) is 38.9 Å². The lowest BCUT2D eigenvalue weighted by molar-refractivity contribution is -0.166. The van der Waals surface area contributed by atoms with E-state index >= 15 is 0 Å². The van der Waals surface area contributed by atoms with E-state index in [1.165, 1.54) is 0 Å². The molecule has 1 aliphatic carbocycles. The van der Waals surface area contributed by atoms with Crippen LogP contribution < -0.4 is 9.47 Å². The molecule has 2 aromatic heterocycles. The number of carbonyl (C=O) groups excluding carboxylic acids is 1. The first-order valence-corrected chi connectivity index (χ1v) is 11.6. The molecule has 34 heavy (non-hydrogen) atoms. The van der Waals surface area contributed by atoms with Crippen molar-refractivity contribution in [1.82, 2.24) is 15.1 Å². The minimum Gasteiger partial charge on any atom is -0.490 e. The van der Waals surface area contributed by atoms with Gasteiger partial charge < -0.3 is 18.7 Å². The number of nitrogens with zero attached hydrogens (tertiary/aromatic N) is 3. The molecule has 1 aromatic carbocycles. The first kappa shape index (κ1) is 24.0. The van der Waals surface area contributed by atoms with Crippen LogP contribution in [0.15, 0.2) is 41.1 Å². The molecule has 0 radical (unpaired) electrons. The van der Waals surface area contributed by atoms with Crippen molar-refractivity contribution < 1.29 is 23.5 Å². The lowest BCUT2D eigenvalue weighted by Gasteiger charge is -2.35. The van der Waals surface area contributed by atoms with Crippen LogP contribution in [0.25, 0.3) is 22.8 Å². The van der Waals surface area contributed by atoms with Crippen LogP contribution in [-0.2, 0) is 9.53 Å². The Morgan fingerprint density at radius 2 is 1.85 bits per heavy atom. The summed E-state index contributed by atoms with van der Waals surface area (Å²) in [6.07, 6.45) is 2.86. The van der Waals surface area contributed by atoms with Gasteiger partial charge in [0, 0.05) is 11.8 Å². The van der Waals surface area contributed by atoms with Gasteiger partial charge in [-0.1, -0.05) is 16.8 Å². The summed E-state index contributed by atoms with van der Waals surface area (Å²) in [4.78, 5) is 20.8. The van der Waals surface area contributed by atoms with E-state index < -0.39 is 5.60 Å². The van der Waals surface area contributed by atoms with E-state index in [2.05, 4.69) is 15.1 Å². The van der Waals surface area contributed by atoms with Gasteiger partial charge in [0.15, 0.2) is 0 Å². The second-order valence-corrected chi connectivity index (χ2v) is 9.97. The maximum atomic E-state index is 12.1. The Morgan fingerprint density at radius 1 is 1.15 bits per heavy atom. The Balaban J connectivity index is 1.35. The zero-order chi connectivity index (χ0) is 24.5. The average Bonchev–Trinajstić information content (AvgIpc) is 3.21. The van der Waals surface area contributed by atoms with Gasteiger partial charge in [-0.15, -0.1) is 0 Å². The molecule has 0 N–H and O–H groups in total. The van der Waals surface area contributed by atoms with Crippen molar-refractivity contribution in [3.8, 4) is 34.5 Å². The third kappa shape index (κ3) is 5.86. The number of benzene rings is 1. The SMILES string of the molecule is CC(C)Oc1ncc(-c2nc(-c3ccc(OC4CC(C(=O)OC(C)(C)C)C4)cc3)no2)cc1Cl. The van der Waals surface area contributed by atoms with Gasteiger partial charge in [-0.25, -0.2) is 4.98 Å². The number of aromatic nitrogens is 3. The number of ether oxygens (including phenoxy) is 3. The fourth-order valence-electron chi connectivity index (χ4n) is 3.42. The Kier molecular flexibility index (Phi) is 6.79. The van der Waals surface area contributed by atoms with Crippen LogP contribution in [0, 0.1) is 5.92 Å². The highest BCUT2D eigenvalue weighted by Gasteiger charge is 2.38. The lowest BCUT2D eigenvalue weighted by atomic mass is 9.82. The molecule has 1 aliphatic rings.